The third-order valence-corrected chi connectivity index (χ3v) is 4.15. The highest BCUT2D eigenvalue weighted by atomic mass is 79.9. The summed E-state index contributed by atoms with van der Waals surface area (Å²) in [5, 5.41) is 5.65. The lowest BCUT2D eigenvalue weighted by molar-refractivity contribution is -0.123. The molecule has 2 rings (SSSR count). The van der Waals surface area contributed by atoms with Crippen molar-refractivity contribution in [2.45, 2.75) is 6.42 Å². The van der Waals surface area contributed by atoms with Crippen molar-refractivity contribution >= 4 is 38.3 Å². The zero-order chi connectivity index (χ0) is 10.8. The maximum atomic E-state index is 11.4. The number of amides is 1. The number of rotatable bonds is 2. The molecule has 1 fully saturated rings. The van der Waals surface area contributed by atoms with E-state index in [4.69, 9.17) is 0 Å². The van der Waals surface area contributed by atoms with Crippen LogP contribution in [0.1, 0.15) is 6.42 Å². The monoisotopic (exact) mass is 289 g/mol. The molecule has 1 aromatic heterocycles. The van der Waals surface area contributed by atoms with Gasteiger partial charge in [0.25, 0.3) is 0 Å². The number of nitrogens with one attached hydrogen (secondary N) is 1. The molecular weight excluding hydrogens is 278 g/mol. The Morgan fingerprint density at radius 2 is 2.60 bits per heavy atom. The lowest BCUT2D eigenvalue weighted by Crippen LogP contribution is -2.30. The van der Waals surface area contributed by atoms with E-state index < -0.39 is 0 Å². The summed E-state index contributed by atoms with van der Waals surface area (Å²) < 4.78 is 0.867. The van der Waals surface area contributed by atoms with Crippen molar-refractivity contribution in [3.05, 3.63) is 9.98 Å². The van der Waals surface area contributed by atoms with Gasteiger partial charge in [0.15, 0.2) is 5.13 Å². The normalized spacial score (nSPS) is 20.7. The van der Waals surface area contributed by atoms with E-state index in [1.165, 1.54) is 0 Å². The van der Waals surface area contributed by atoms with Crippen LogP contribution < -0.4 is 10.2 Å². The van der Waals surface area contributed by atoms with Gasteiger partial charge in [0.2, 0.25) is 5.91 Å². The van der Waals surface area contributed by atoms with Gasteiger partial charge >= 0.3 is 0 Å². The van der Waals surface area contributed by atoms with E-state index in [1.54, 1.807) is 18.4 Å². The molecule has 15 heavy (non-hydrogen) atoms. The van der Waals surface area contributed by atoms with Gasteiger partial charge in [-0.2, -0.15) is 0 Å². The topological polar surface area (TPSA) is 45.2 Å². The zero-order valence-corrected chi connectivity index (χ0v) is 10.8. The molecule has 0 aliphatic carbocycles. The molecule has 1 atom stereocenters. The van der Waals surface area contributed by atoms with E-state index in [-0.39, 0.29) is 11.8 Å². The van der Waals surface area contributed by atoms with Gasteiger partial charge in [-0.05, 0) is 22.4 Å². The molecular formula is C9H12BrN3OS. The van der Waals surface area contributed by atoms with E-state index in [2.05, 4.69) is 31.1 Å². The molecule has 82 valence electrons. The van der Waals surface area contributed by atoms with Gasteiger partial charge in [-0.1, -0.05) is 0 Å². The van der Waals surface area contributed by atoms with Gasteiger partial charge in [0.05, 0.1) is 5.92 Å². The SMILES string of the molecule is CNC(=O)C1CCN(c2nc(Br)cs2)C1. The molecule has 2 heterocycles. The number of halogens is 1. The molecule has 0 bridgehead atoms. The summed E-state index contributed by atoms with van der Waals surface area (Å²) in [5.74, 6) is 0.241. The van der Waals surface area contributed by atoms with Gasteiger partial charge in [-0.25, -0.2) is 4.98 Å². The Bertz CT molecular complexity index is 368. The predicted octanol–water partition coefficient (Wildman–Crippen LogP) is 1.48. The van der Waals surface area contributed by atoms with Crippen molar-refractivity contribution in [3.63, 3.8) is 0 Å². The van der Waals surface area contributed by atoms with Crippen LogP contribution in [0.3, 0.4) is 0 Å². The van der Waals surface area contributed by atoms with Crippen molar-refractivity contribution in [2.24, 2.45) is 5.92 Å². The Balaban J connectivity index is 2.01. The summed E-state index contributed by atoms with van der Waals surface area (Å²) in [5.41, 5.74) is 0. The van der Waals surface area contributed by atoms with Crippen molar-refractivity contribution < 1.29 is 4.79 Å². The molecule has 1 aliphatic rings. The second-order valence-corrected chi connectivity index (χ2v) is 5.15. The molecule has 0 radical (unpaired) electrons. The minimum absolute atomic E-state index is 0.109. The third kappa shape index (κ3) is 2.31. The fourth-order valence-corrected chi connectivity index (χ4v) is 3.03. The number of hydrogen-bond acceptors (Lipinski definition) is 4. The smallest absolute Gasteiger partial charge is 0.224 e. The van der Waals surface area contributed by atoms with Crippen molar-refractivity contribution in [3.8, 4) is 0 Å². The van der Waals surface area contributed by atoms with Crippen LogP contribution in [0.2, 0.25) is 0 Å². The van der Waals surface area contributed by atoms with Crippen LogP contribution in [0.25, 0.3) is 0 Å². The molecule has 1 amide bonds. The predicted molar refractivity (Wildman–Crippen MR) is 64.2 cm³/mol. The molecule has 1 N–H and O–H groups in total. The van der Waals surface area contributed by atoms with E-state index in [0.29, 0.717) is 0 Å². The average molecular weight is 290 g/mol. The van der Waals surface area contributed by atoms with Crippen LogP contribution in [-0.4, -0.2) is 31.0 Å². The molecule has 0 aromatic carbocycles. The van der Waals surface area contributed by atoms with Crippen LogP contribution in [-0.2, 0) is 4.79 Å². The Morgan fingerprint density at radius 1 is 1.80 bits per heavy atom. The van der Waals surface area contributed by atoms with Gasteiger partial charge in [0, 0.05) is 25.5 Å². The third-order valence-electron chi connectivity index (χ3n) is 2.54. The second-order valence-electron chi connectivity index (χ2n) is 3.50. The summed E-state index contributed by atoms with van der Waals surface area (Å²) in [6.45, 7) is 1.69. The second kappa shape index (κ2) is 4.49. The molecule has 1 unspecified atom stereocenters. The zero-order valence-electron chi connectivity index (χ0n) is 8.36. The largest absolute Gasteiger partial charge is 0.359 e. The highest BCUT2D eigenvalue weighted by Crippen LogP contribution is 2.28. The molecule has 1 saturated heterocycles. The first-order chi connectivity index (χ1) is 7.20. The van der Waals surface area contributed by atoms with Crippen LogP contribution >= 0.6 is 27.3 Å². The average Bonchev–Trinajstić information content (AvgIpc) is 2.84. The number of thiazole rings is 1. The van der Waals surface area contributed by atoms with Gasteiger partial charge in [-0.15, -0.1) is 11.3 Å². The molecule has 4 nitrogen and oxygen atoms in total. The van der Waals surface area contributed by atoms with E-state index >= 15 is 0 Å². The first-order valence-electron chi connectivity index (χ1n) is 4.78. The molecule has 0 spiro atoms. The maximum absolute atomic E-state index is 11.4. The van der Waals surface area contributed by atoms with Crippen LogP contribution in [0.4, 0.5) is 5.13 Å². The standard InChI is InChI=1S/C9H12BrN3OS/c1-11-8(14)6-2-3-13(4-6)9-12-7(10)5-15-9/h5-6H,2-4H2,1H3,(H,11,14). The number of nitrogens with zero attached hydrogens (tertiary/aromatic N) is 2. The van der Waals surface area contributed by atoms with Gasteiger partial charge < -0.3 is 10.2 Å². The number of carbonyl (C=O) groups excluding carboxylic acids is 1. The summed E-state index contributed by atoms with van der Waals surface area (Å²) in [6.07, 6.45) is 0.914. The summed E-state index contributed by atoms with van der Waals surface area (Å²) >= 11 is 4.93. The van der Waals surface area contributed by atoms with Crippen LogP contribution in [0, 0.1) is 5.92 Å². The van der Waals surface area contributed by atoms with Crippen molar-refractivity contribution in [1.82, 2.24) is 10.3 Å². The van der Waals surface area contributed by atoms with Gasteiger partial charge in [0.1, 0.15) is 4.60 Å². The fraction of sp³-hybridized carbons (Fsp3) is 0.556. The fourth-order valence-electron chi connectivity index (χ4n) is 1.74. The minimum atomic E-state index is 0.109. The first-order valence-corrected chi connectivity index (χ1v) is 6.45. The number of anilines is 1. The molecule has 6 heteroatoms. The number of hydrogen-bond donors (Lipinski definition) is 1. The Kier molecular flexibility index (Phi) is 3.25. The van der Waals surface area contributed by atoms with E-state index in [1.807, 2.05) is 5.38 Å². The van der Waals surface area contributed by atoms with E-state index in [0.717, 1.165) is 29.2 Å². The maximum Gasteiger partial charge on any atom is 0.224 e. The quantitative estimate of drug-likeness (QED) is 0.897. The Labute approximate surface area is 101 Å². The summed E-state index contributed by atoms with van der Waals surface area (Å²) in [6, 6.07) is 0. The molecule has 1 aromatic rings. The Morgan fingerprint density at radius 3 is 3.20 bits per heavy atom. The number of aromatic nitrogens is 1. The lowest BCUT2D eigenvalue weighted by Gasteiger charge is -2.13. The van der Waals surface area contributed by atoms with Crippen LogP contribution in [0.15, 0.2) is 9.98 Å². The highest BCUT2D eigenvalue weighted by molar-refractivity contribution is 9.10. The summed E-state index contributed by atoms with van der Waals surface area (Å²) in [7, 11) is 1.69. The first kappa shape index (κ1) is 10.9. The molecule has 1 aliphatic heterocycles. The number of carbonyl (C=O) groups is 1. The van der Waals surface area contributed by atoms with Crippen molar-refractivity contribution in [2.75, 3.05) is 25.0 Å². The minimum Gasteiger partial charge on any atom is -0.359 e. The Hall–Kier alpha value is -0.620. The summed E-state index contributed by atoms with van der Waals surface area (Å²) in [4.78, 5) is 17.9. The van der Waals surface area contributed by atoms with E-state index in [9.17, 15) is 4.79 Å². The van der Waals surface area contributed by atoms with Gasteiger partial charge in [-0.3, -0.25) is 4.79 Å². The van der Waals surface area contributed by atoms with Crippen molar-refractivity contribution in [1.29, 1.82) is 0 Å². The highest BCUT2D eigenvalue weighted by Gasteiger charge is 2.28. The molecule has 0 saturated carbocycles. The lowest BCUT2D eigenvalue weighted by atomic mass is 10.1. The van der Waals surface area contributed by atoms with Crippen LogP contribution in [0.5, 0.6) is 0 Å².